The van der Waals surface area contributed by atoms with E-state index in [4.69, 9.17) is 27.9 Å². The summed E-state index contributed by atoms with van der Waals surface area (Å²) in [5, 5.41) is 9.65. The molecule has 0 amide bonds. The van der Waals surface area contributed by atoms with Crippen LogP contribution in [0.2, 0.25) is 10.0 Å². The van der Waals surface area contributed by atoms with Crippen molar-refractivity contribution in [3.05, 3.63) is 58.6 Å². The number of fused-ring (bicyclic) bond motifs is 1. The Labute approximate surface area is 148 Å². The smallest absolute Gasteiger partial charge is 0.119 e. The summed E-state index contributed by atoms with van der Waals surface area (Å²) in [6.07, 6.45) is 0. The normalized spacial score (nSPS) is 11.1. The fraction of sp³-hybridized carbons (Fsp3) is 0.0556. The zero-order chi connectivity index (χ0) is 16.7. The van der Waals surface area contributed by atoms with Crippen LogP contribution in [0.5, 0.6) is 5.75 Å². The molecule has 0 saturated carbocycles. The van der Waals surface area contributed by atoms with Crippen molar-refractivity contribution in [1.82, 2.24) is 15.2 Å². The van der Waals surface area contributed by atoms with Gasteiger partial charge in [-0.25, -0.2) is 0 Å². The number of hydrogen-bond donors (Lipinski definition) is 2. The summed E-state index contributed by atoms with van der Waals surface area (Å²) >= 11 is 12.1. The van der Waals surface area contributed by atoms with Crippen molar-refractivity contribution in [2.75, 3.05) is 7.11 Å². The number of nitrogens with one attached hydrogen (secondary N) is 2. The minimum Gasteiger partial charge on any atom is -0.497 e. The first-order valence-corrected chi connectivity index (χ1v) is 8.07. The third-order valence-electron chi connectivity index (χ3n) is 3.85. The molecule has 0 saturated heterocycles. The Kier molecular flexibility index (Phi) is 3.71. The molecular formula is C18H13Cl2N3O. The van der Waals surface area contributed by atoms with Gasteiger partial charge in [0, 0.05) is 26.5 Å². The highest BCUT2D eigenvalue weighted by atomic mass is 35.5. The van der Waals surface area contributed by atoms with Gasteiger partial charge in [0.05, 0.1) is 24.2 Å². The zero-order valence-corrected chi connectivity index (χ0v) is 14.2. The van der Waals surface area contributed by atoms with E-state index in [1.165, 1.54) is 0 Å². The maximum atomic E-state index is 6.07. The second-order valence-corrected chi connectivity index (χ2v) is 6.33. The van der Waals surface area contributed by atoms with Crippen LogP contribution in [0.4, 0.5) is 0 Å². The summed E-state index contributed by atoms with van der Waals surface area (Å²) in [7, 11) is 1.66. The molecule has 2 aromatic heterocycles. The van der Waals surface area contributed by atoms with Gasteiger partial charge >= 0.3 is 0 Å². The maximum absolute atomic E-state index is 6.07. The number of halogens is 2. The monoisotopic (exact) mass is 357 g/mol. The Morgan fingerprint density at radius 2 is 1.71 bits per heavy atom. The Morgan fingerprint density at radius 3 is 2.46 bits per heavy atom. The van der Waals surface area contributed by atoms with Gasteiger partial charge in [0.1, 0.15) is 5.75 Å². The lowest BCUT2D eigenvalue weighted by Crippen LogP contribution is -1.80. The lowest BCUT2D eigenvalue weighted by atomic mass is 10.1. The van der Waals surface area contributed by atoms with Gasteiger partial charge < -0.3 is 9.72 Å². The molecule has 0 aliphatic rings. The highest BCUT2D eigenvalue weighted by Gasteiger charge is 2.10. The molecular weight excluding hydrogens is 345 g/mol. The fourth-order valence-corrected chi connectivity index (χ4v) is 3.22. The lowest BCUT2D eigenvalue weighted by molar-refractivity contribution is 0.415. The van der Waals surface area contributed by atoms with Gasteiger partial charge in [0.15, 0.2) is 0 Å². The maximum Gasteiger partial charge on any atom is 0.119 e. The number of hydrogen-bond acceptors (Lipinski definition) is 2. The standard InChI is InChI=1S/C18H13Cl2N3O/c1-24-14-2-3-15-11(6-14)7-17(21-15)18-9-16(22-23-18)10-4-12(19)8-13(20)5-10/h2-9,21H,1H3,(H,22,23). The largest absolute Gasteiger partial charge is 0.497 e. The third kappa shape index (κ3) is 2.75. The van der Waals surface area contributed by atoms with E-state index in [0.717, 1.165) is 39.3 Å². The first-order chi connectivity index (χ1) is 11.6. The second kappa shape index (κ2) is 5.89. The Bertz CT molecular complexity index is 1020. The van der Waals surface area contributed by atoms with Crippen molar-refractivity contribution in [3.8, 4) is 28.4 Å². The van der Waals surface area contributed by atoms with Crippen LogP contribution in [-0.2, 0) is 0 Å². The van der Waals surface area contributed by atoms with E-state index in [1.54, 1.807) is 13.2 Å². The molecule has 2 heterocycles. The molecule has 120 valence electrons. The average Bonchev–Trinajstić information content (AvgIpc) is 3.19. The SMILES string of the molecule is COc1ccc2[nH]c(-c3cc(-c4cc(Cl)cc(Cl)c4)n[nH]3)cc2c1. The molecule has 0 unspecified atom stereocenters. The number of rotatable bonds is 3. The fourth-order valence-electron chi connectivity index (χ4n) is 2.69. The Balaban J connectivity index is 1.74. The molecule has 0 aliphatic heterocycles. The quantitative estimate of drug-likeness (QED) is 0.505. The van der Waals surface area contributed by atoms with Gasteiger partial charge in [-0.05, 0) is 48.5 Å². The van der Waals surface area contributed by atoms with Crippen LogP contribution in [0.1, 0.15) is 0 Å². The van der Waals surface area contributed by atoms with Crippen LogP contribution in [0, 0.1) is 0 Å². The van der Waals surface area contributed by atoms with Crippen molar-refractivity contribution in [2.24, 2.45) is 0 Å². The van der Waals surface area contributed by atoms with E-state index in [-0.39, 0.29) is 0 Å². The zero-order valence-electron chi connectivity index (χ0n) is 12.7. The van der Waals surface area contributed by atoms with E-state index < -0.39 is 0 Å². The van der Waals surface area contributed by atoms with E-state index in [9.17, 15) is 0 Å². The molecule has 0 spiro atoms. The predicted octanol–water partition coefficient (Wildman–Crippen LogP) is 5.54. The number of H-pyrrole nitrogens is 2. The Hall–Kier alpha value is -2.43. The van der Waals surface area contributed by atoms with Gasteiger partial charge in [-0.15, -0.1) is 0 Å². The molecule has 0 bridgehead atoms. The molecule has 0 aliphatic carbocycles. The molecule has 2 N–H and O–H groups in total. The van der Waals surface area contributed by atoms with Crippen molar-refractivity contribution in [1.29, 1.82) is 0 Å². The van der Waals surface area contributed by atoms with Crippen molar-refractivity contribution < 1.29 is 4.74 Å². The van der Waals surface area contributed by atoms with E-state index >= 15 is 0 Å². The molecule has 6 heteroatoms. The van der Waals surface area contributed by atoms with Crippen LogP contribution >= 0.6 is 23.2 Å². The summed E-state index contributed by atoms with van der Waals surface area (Å²) < 4.78 is 5.26. The first-order valence-electron chi connectivity index (χ1n) is 7.31. The van der Waals surface area contributed by atoms with E-state index in [2.05, 4.69) is 21.2 Å². The molecule has 0 fully saturated rings. The molecule has 4 nitrogen and oxygen atoms in total. The predicted molar refractivity (Wildman–Crippen MR) is 97.9 cm³/mol. The first kappa shape index (κ1) is 15.1. The van der Waals surface area contributed by atoms with Gasteiger partial charge in [-0.3, -0.25) is 5.10 Å². The molecule has 4 aromatic rings. The summed E-state index contributed by atoms with van der Waals surface area (Å²) in [6, 6.07) is 15.3. The number of nitrogens with zero attached hydrogens (tertiary/aromatic N) is 1. The van der Waals surface area contributed by atoms with Crippen LogP contribution in [0.15, 0.2) is 48.5 Å². The van der Waals surface area contributed by atoms with Crippen LogP contribution in [0.3, 0.4) is 0 Å². The number of aromatic amines is 2. The van der Waals surface area contributed by atoms with Gasteiger partial charge in [-0.1, -0.05) is 23.2 Å². The molecule has 0 radical (unpaired) electrons. The van der Waals surface area contributed by atoms with Crippen molar-refractivity contribution >= 4 is 34.1 Å². The van der Waals surface area contributed by atoms with E-state index in [0.29, 0.717) is 10.0 Å². The molecule has 2 aromatic carbocycles. The van der Waals surface area contributed by atoms with Crippen molar-refractivity contribution in [3.63, 3.8) is 0 Å². The molecule has 4 rings (SSSR count). The highest BCUT2D eigenvalue weighted by Crippen LogP contribution is 2.30. The number of methoxy groups -OCH3 is 1. The van der Waals surface area contributed by atoms with Gasteiger partial charge in [0.25, 0.3) is 0 Å². The van der Waals surface area contributed by atoms with Crippen molar-refractivity contribution in [2.45, 2.75) is 0 Å². The third-order valence-corrected chi connectivity index (χ3v) is 4.29. The van der Waals surface area contributed by atoms with Crippen LogP contribution < -0.4 is 4.74 Å². The topological polar surface area (TPSA) is 53.7 Å². The summed E-state index contributed by atoms with van der Waals surface area (Å²) in [4.78, 5) is 3.37. The average molecular weight is 358 g/mol. The Morgan fingerprint density at radius 1 is 0.917 bits per heavy atom. The number of ether oxygens (including phenoxy) is 1. The summed E-state index contributed by atoms with van der Waals surface area (Å²) in [5.41, 5.74) is 4.52. The van der Waals surface area contributed by atoms with Crippen LogP contribution in [-0.4, -0.2) is 22.3 Å². The number of benzene rings is 2. The second-order valence-electron chi connectivity index (χ2n) is 5.46. The summed E-state index contributed by atoms with van der Waals surface area (Å²) in [6.45, 7) is 0. The van der Waals surface area contributed by atoms with Crippen LogP contribution in [0.25, 0.3) is 33.5 Å². The minimum atomic E-state index is 0.583. The molecule has 0 atom stereocenters. The lowest BCUT2D eigenvalue weighted by Gasteiger charge is -1.98. The number of aromatic nitrogens is 3. The van der Waals surface area contributed by atoms with Gasteiger partial charge in [0.2, 0.25) is 0 Å². The molecule has 24 heavy (non-hydrogen) atoms. The minimum absolute atomic E-state index is 0.583. The van der Waals surface area contributed by atoms with Gasteiger partial charge in [-0.2, -0.15) is 5.10 Å². The summed E-state index contributed by atoms with van der Waals surface area (Å²) in [5.74, 6) is 0.826. The van der Waals surface area contributed by atoms with E-state index in [1.807, 2.05) is 36.4 Å². The highest BCUT2D eigenvalue weighted by molar-refractivity contribution is 6.35.